The Kier molecular flexibility index (Phi) is 4.65. The van der Waals surface area contributed by atoms with Gasteiger partial charge in [0.2, 0.25) is 5.91 Å². The second-order valence-electron chi connectivity index (χ2n) is 3.58. The Morgan fingerprint density at radius 2 is 1.86 bits per heavy atom. The Balaban J connectivity index is 2.25. The lowest BCUT2D eigenvalue weighted by Gasteiger charge is -2.14. The third-order valence-electron chi connectivity index (χ3n) is 2.39. The van der Waals surface area contributed by atoms with Crippen molar-refractivity contribution >= 4 is 17.5 Å². The van der Waals surface area contributed by atoms with Crippen LogP contribution in [-0.4, -0.2) is 52.2 Å². The number of rotatable bonds is 4. The SMILES string of the molecule is O=C(CCCCCl)N1C[C@@H](O)[C@@H](O)C1. The second kappa shape index (κ2) is 5.53. The van der Waals surface area contributed by atoms with Gasteiger partial charge in [0.25, 0.3) is 0 Å². The number of unbranched alkanes of at least 4 members (excludes halogenated alkanes) is 1. The van der Waals surface area contributed by atoms with E-state index in [1.54, 1.807) is 0 Å². The van der Waals surface area contributed by atoms with Gasteiger partial charge in [-0.15, -0.1) is 11.6 Å². The fraction of sp³-hybridized carbons (Fsp3) is 0.889. The van der Waals surface area contributed by atoms with E-state index in [9.17, 15) is 15.0 Å². The molecule has 0 unspecified atom stereocenters. The van der Waals surface area contributed by atoms with Crippen molar-refractivity contribution in [3.63, 3.8) is 0 Å². The zero-order chi connectivity index (χ0) is 10.6. The van der Waals surface area contributed by atoms with Crippen molar-refractivity contribution in [3.8, 4) is 0 Å². The lowest BCUT2D eigenvalue weighted by Crippen LogP contribution is -2.29. The third kappa shape index (κ3) is 3.12. The van der Waals surface area contributed by atoms with Crippen LogP contribution in [0.1, 0.15) is 19.3 Å². The highest BCUT2D eigenvalue weighted by Gasteiger charge is 2.31. The van der Waals surface area contributed by atoms with Crippen LogP contribution in [0.3, 0.4) is 0 Å². The summed E-state index contributed by atoms with van der Waals surface area (Å²) in [5.74, 6) is 0.559. The number of hydrogen-bond acceptors (Lipinski definition) is 3. The number of halogens is 1. The van der Waals surface area contributed by atoms with Crippen LogP contribution in [0, 0.1) is 0 Å². The van der Waals surface area contributed by atoms with E-state index < -0.39 is 12.2 Å². The highest BCUT2D eigenvalue weighted by Crippen LogP contribution is 2.12. The molecule has 0 bridgehead atoms. The van der Waals surface area contributed by atoms with Gasteiger partial charge in [-0.25, -0.2) is 0 Å². The van der Waals surface area contributed by atoms with Crippen molar-refractivity contribution < 1.29 is 15.0 Å². The lowest BCUT2D eigenvalue weighted by molar-refractivity contribution is -0.130. The predicted octanol–water partition coefficient (Wildman–Crippen LogP) is -0.0405. The van der Waals surface area contributed by atoms with Crippen molar-refractivity contribution in [2.24, 2.45) is 0 Å². The summed E-state index contributed by atoms with van der Waals surface area (Å²) in [6, 6.07) is 0. The average molecular weight is 222 g/mol. The number of β-amino-alcohol motifs (C(OH)–C–C–N with tert-alkyl or cyclic N) is 2. The summed E-state index contributed by atoms with van der Waals surface area (Å²) in [4.78, 5) is 13.0. The van der Waals surface area contributed by atoms with Gasteiger partial charge in [0, 0.05) is 25.4 Å². The van der Waals surface area contributed by atoms with Crippen molar-refractivity contribution in [2.75, 3.05) is 19.0 Å². The van der Waals surface area contributed by atoms with Gasteiger partial charge in [0.05, 0.1) is 12.2 Å². The van der Waals surface area contributed by atoms with Crippen molar-refractivity contribution in [3.05, 3.63) is 0 Å². The Labute approximate surface area is 88.5 Å². The van der Waals surface area contributed by atoms with E-state index in [4.69, 9.17) is 11.6 Å². The first kappa shape index (κ1) is 11.8. The Morgan fingerprint density at radius 3 is 2.36 bits per heavy atom. The van der Waals surface area contributed by atoms with Crippen LogP contribution in [0.15, 0.2) is 0 Å². The molecule has 1 fully saturated rings. The van der Waals surface area contributed by atoms with Crippen LogP contribution >= 0.6 is 11.6 Å². The maximum absolute atomic E-state index is 11.5. The number of alkyl halides is 1. The van der Waals surface area contributed by atoms with E-state index in [1.807, 2.05) is 0 Å². The summed E-state index contributed by atoms with van der Waals surface area (Å²) >= 11 is 5.49. The predicted molar refractivity (Wildman–Crippen MR) is 53.2 cm³/mol. The molecule has 1 amide bonds. The standard InChI is InChI=1S/C9H16ClNO3/c10-4-2-1-3-9(14)11-5-7(12)8(13)6-11/h7-8,12-13H,1-6H2/t7-,8+. The van der Waals surface area contributed by atoms with Crippen molar-refractivity contribution in [1.82, 2.24) is 4.90 Å². The summed E-state index contributed by atoms with van der Waals surface area (Å²) in [6.45, 7) is 0.502. The molecular weight excluding hydrogens is 206 g/mol. The van der Waals surface area contributed by atoms with E-state index in [0.717, 1.165) is 12.8 Å². The normalized spacial score (nSPS) is 26.9. The van der Waals surface area contributed by atoms with Crippen molar-refractivity contribution in [1.29, 1.82) is 0 Å². The number of amides is 1. The number of carbonyl (C=O) groups is 1. The molecule has 1 aliphatic rings. The van der Waals surface area contributed by atoms with E-state index in [2.05, 4.69) is 0 Å². The highest BCUT2D eigenvalue weighted by molar-refractivity contribution is 6.17. The quantitative estimate of drug-likeness (QED) is 0.517. The first-order chi connectivity index (χ1) is 6.65. The molecule has 0 radical (unpaired) electrons. The molecule has 0 aliphatic carbocycles. The lowest BCUT2D eigenvalue weighted by atomic mass is 10.2. The average Bonchev–Trinajstić information content (AvgIpc) is 2.47. The van der Waals surface area contributed by atoms with Gasteiger partial charge in [-0.2, -0.15) is 0 Å². The van der Waals surface area contributed by atoms with Crippen LogP contribution in [0.4, 0.5) is 0 Å². The zero-order valence-corrected chi connectivity index (χ0v) is 8.78. The van der Waals surface area contributed by atoms with E-state index in [1.165, 1.54) is 4.90 Å². The van der Waals surface area contributed by atoms with E-state index >= 15 is 0 Å². The highest BCUT2D eigenvalue weighted by atomic mass is 35.5. The fourth-order valence-corrected chi connectivity index (χ4v) is 1.69. The van der Waals surface area contributed by atoms with Crippen LogP contribution < -0.4 is 0 Å². The van der Waals surface area contributed by atoms with Gasteiger partial charge >= 0.3 is 0 Å². The second-order valence-corrected chi connectivity index (χ2v) is 3.96. The van der Waals surface area contributed by atoms with Gasteiger partial charge in [-0.05, 0) is 12.8 Å². The Morgan fingerprint density at radius 1 is 1.29 bits per heavy atom. The Bertz CT molecular complexity index is 190. The minimum absolute atomic E-state index is 0.00860. The van der Waals surface area contributed by atoms with E-state index in [0.29, 0.717) is 12.3 Å². The molecule has 14 heavy (non-hydrogen) atoms. The first-order valence-electron chi connectivity index (χ1n) is 4.85. The molecule has 82 valence electrons. The summed E-state index contributed by atoms with van der Waals surface area (Å²) in [7, 11) is 0. The number of likely N-dealkylation sites (tertiary alicyclic amines) is 1. The molecule has 0 aromatic rings. The van der Waals surface area contributed by atoms with Gasteiger partial charge in [0.1, 0.15) is 0 Å². The summed E-state index contributed by atoms with van der Waals surface area (Å²) in [5.41, 5.74) is 0. The zero-order valence-electron chi connectivity index (χ0n) is 8.03. The van der Waals surface area contributed by atoms with Crippen LogP contribution in [-0.2, 0) is 4.79 Å². The third-order valence-corrected chi connectivity index (χ3v) is 2.65. The largest absolute Gasteiger partial charge is 0.388 e. The monoisotopic (exact) mass is 221 g/mol. The summed E-state index contributed by atoms with van der Waals surface area (Å²) in [6.07, 6.45) is 0.475. The summed E-state index contributed by atoms with van der Waals surface area (Å²) < 4.78 is 0. The molecule has 1 rings (SSSR count). The molecule has 0 saturated carbocycles. The number of aliphatic hydroxyl groups excluding tert-OH is 2. The molecule has 0 aromatic heterocycles. The van der Waals surface area contributed by atoms with Crippen LogP contribution in [0.25, 0.3) is 0 Å². The molecule has 1 heterocycles. The number of nitrogens with zero attached hydrogens (tertiary/aromatic N) is 1. The molecule has 0 spiro atoms. The number of aliphatic hydroxyl groups is 2. The molecular formula is C9H16ClNO3. The van der Waals surface area contributed by atoms with Gasteiger partial charge in [-0.1, -0.05) is 0 Å². The van der Waals surface area contributed by atoms with Gasteiger partial charge < -0.3 is 15.1 Å². The number of hydrogen-bond donors (Lipinski definition) is 2. The Hall–Kier alpha value is -0.320. The molecule has 2 N–H and O–H groups in total. The topological polar surface area (TPSA) is 60.8 Å². The van der Waals surface area contributed by atoms with Gasteiger partial charge in [0.15, 0.2) is 0 Å². The van der Waals surface area contributed by atoms with Gasteiger partial charge in [-0.3, -0.25) is 4.79 Å². The molecule has 5 heteroatoms. The maximum Gasteiger partial charge on any atom is 0.222 e. The number of carbonyl (C=O) groups excluding carboxylic acids is 1. The minimum Gasteiger partial charge on any atom is -0.388 e. The minimum atomic E-state index is -0.785. The maximum atomic E-state index is 11.5. The molecule has 4 nitrogen and oxygen atoms in total. The smallest absolute Gasteiger partial charge is 0.222 e. The first-order valence-corrected chi connectivity index (χ1v) is 5.38. The molecule has 1 saturated heterocycles. The fourth-order valence-electron chi connectivity index (χ4n) is 1.50. The van der Waals surface area contributed by atoms with Crippen LogP contribution in [0.5, 0.6) is 0 Å². The molecule has 0 aromatic carbocycles. The molecule has 2 atom stereocenters. The summed E-state index contributed by atoms with van der Waals surface area (Å²) in [5, 5.41) is 18.4. The van der Waals surface area contributed by atoms with Crippen LogP contribution in [0.2, 0.25) is 0 Å². The van der Waals surface area contributed by atoms with Crippen molar-refractivity contribution in [2.45, 2.75) is 31.5 Å². The molecule has 1 aliphatic heterocycles. The van der Waals surface area contributed by atoms with E-state index in [-0.39, 0.29) is 19.0 Å².